The van der Waals surface area contributed by atoms with E-state index in [9.17, 15) is 15.2 Å². The second kappa shape index (κ2) is 9.08. The highest BCUT2D eigenvalue weighted by molar-refractivity contribution is 7.16. The van der Waals surface area contributed by atoms with Gasteiger partial charge in [0, 0.05) is 23.7 Å². The summed E-state index contributed by atoms with van der Waals surface area (Å²) < 4.78 is 0. The molecule has 4 rings (SSSR count). The molecule has 32 heavy (non-hydrogen) atoms. The van der Waals surface area contributed by atoms with Crippen molar-refractivity contribution < 1.29 is 9.90 Å². The van der Waals surface area contributed by atoms with Gasteiger partial charge in [0.25, 0.3) is 0 Å². The molecule has 0 unspecified atom stereocenters. The summed E-state index contributed by atoms with van der Waals surface area (Å²) in [7, 11) is 0. The fourth-order valence-corrected chi connectivity index (χ4v) is 4.48. The van der Waals surface area contributed by atoms with Gasteiger partial charge in [0.1, 0.15) is 11.9 Å². The molecule has 2 heterocycles. The van der Waals surface area contributed by atoms with E-state index in [0.717, 1.165) is 28.4 Å². The number of rotatable bonds is 7. The zero-order chi connectivity index (χ0) is 22.7. The molecule has 0 atom stereocenters. The van der Waals surface area contributed by atoms with Gasteiger partial charge in [0.15, 0.2) is 0 Å². The van der Waals surface area contributed by atoms with Crippen molar-refractivity contribution in [1.29, 1.82) is 5.26 Å². The first kappa shape index (κ1) is 21.3. The number of benzene rings is 2. The largest absolute Gasteiger partial charge is 0.478 e. The van der Waals surface area contributed by atoms with Crippen LogP contribution in [0, 0.1) is 11.3 Å². The number of fused-ring (bicyclic) bond motifs is 1. The van der Waals surface area contributed by atoms with Crippen molar-refractivity contribution in [3.8, 4) is 16.8 Å². The Morgan fingerprint density at radius 2 is 1.91 bits per heavy atom. The Hall–Kier alpha value is -3.89. The van der Waals surface area contributed by atoms with Gasteiger partial charge in [-0.05, 0) is 68.0 Å². The minimum absolute atomic E-state index is 0.210. The summed E-state index contributed by atoms with van der Waals surface area (Å²) in [6.45, 7) is 6.16. The Morgan fingerprint density at radius 1 is 1.16 bits per heavy atom. The van der Waals surface area contributed by atoms with Crippen LogP contribution in [0.1, 0.15) is 34.6 Å². The molecule has 2 N–H and O–H groups in total. The smallest absolute Gasteiger partial charge is 0.335 e. The molecule has 0 saturated heterocycles. The molecule has 0 spiro atoms. The fourth-order valence-electron chi connectivity index (χ4n) is 3.56. The first-order chi connectivity index (χ1) is 15.5. The van der Waals surface area contributed by atoms with Crippen LogP contribution in [0.25, 0.3) is 33.4 Å². The van der Waals surface area contributed by atoms with Crippen molar-refractivity contribution in [2.45, 2.75) is 13.8 Å². The summed E-state index contributed by atoms with van der Waals surface area (Å²) >= 11 is 1.47. The van der Waals surface area contributed by atoms with Gasteiger partial charge < -0.3 is 15.0 Å². The van der Waals surface area contributed by atoms with Gasteiger partial charge in [-0.15, -0.1) is 11.3 Å². The highest BCUT2D eigenvalue weighted by atomic mass is 32.1. The molecular weight excluding hydrogens is 420 g/mol. The molecule has 0 saturated carbocycles. The van der Waals surface area contributed by atoms with E-state index in [0.29, 0.717) is 22.4 Å². The Kier molecular flexibility index (Phi) is 6.06. The van der Waals surface area contributed by atoms with Crippen molar-refractivity contribution in [3.63, 3.8) is 0 Å². The van der Waals surface area contributed by atoms with Crippen molar-refractivity contribution >= 4 is 45.7 Å². The number of anilines is 1. The second-order valence-electron chi connectivity index (χ2n) is 7.22. The number of aromatic amines is 1. The molecule has 0 aliphatic heterocycles. The fraction of sp³-hybridized carbons (Fsp3) is 0.160. The van der Waals surface area contributed by atoms with E-state index >= 15 is 0 Å². The number of aromatic carboxylic acids is 1. The predicted octanol–water partition coefficient (Wildman–Crippen LogP) is 5.90. The lowest BCUT2D eigenvalue weighted by atomic mass is 10.1. The number of carbonyl (C=O) groups is 1. The average Bonchev–Trinajstić information content (AvgIpc) is 3.46. The van der Waals surface area contributed by atoms with E-state index in [4.69, 9.17) is 0 Å². The molecule has 160 valence electrons. The van der Waals surface area contributed by atoms with Crippen LogP contribution in [0.3, 0.4) is 0 Å². The highest BCUT2D eigenvalue weighted by Gasteiger charge is 2.12. The van der Waals surface area contributed by atoms with Crippen molar-refractivity contribution in [1.82, 2.24) is 9.97 Å². The Bertz CT molecular complexity index is 1340. The minimum Gasteiger partial charge on any atom is -0.478 e. The SMILES string of the molecule is CCN(CC)c1ccc(/C=C(\C#N)c2ccc(-c3nc4ccc(C(=O)O)cc4[nH]3)s2)cc1. The van der Waals surface area contributed by atoms with Gasteiger partial charge in [-0.3, -0.25) is 0 Å². The standard InChI is InChI=1S/C25H22N4O2S/c1-3-29(4-2)19-8-5-16(6-9-19)13-18(15-26)22-11-12-23(32-22)24-27-20-10-7-17(25(30)31)14-21(20)28-24/h5-14H,3-4H2,1-2H3,(H,27,28)(H,30,31)/b18-13+. The van der Waals surface area contributed by atoms with Crippen LogP contribution < -0.4 is 4.90 Å². The van der Waals surface area contributed by atoms with Gasteiger partial charge in [-0.2, -0.15) is 5.26 Å². The maximum absolute atomic E-state index is 11.2. The average molecular weight is 443 g/mol. The number of nitrogens with zero attached hydrogens (tertiary/aromatic N) is 3. The third kappa shape index (κ3) is 4.27. The lowest BCUT2D eigenvalue weighted by molar-refractivity contribution is 0.0697. The maximum atomic E-state index is 11.2. The van der Waals surface area contributed by atoms with Gasteiger partial charge in [0.2, 0.25) is 0 Å². The number of aromatic nitrogens is 2. The zero-order valence-corrected chi connectivity index (χ0v) is 18.6. The first-order valence-corrected chi connectivity index (χ1v) is 11.1. The van der Waals surface area contributed by atoms with E-state index in [1.165, 1.54) is 23.1 Å². The number of hydrogen-bond donors (Lipinski definition) is 2. The molecule has 0 radical (unpaired) electrons. The lowest BCUT2D eigenvalue weighted by Crippen LogP contribution is -2.21. The molecule has 2 aromatic carbocycles. The normalized spacial score (nSPS) is 11.5. The number of nitriles is 1. The third-order valence-corrected chi connectivity index (χ3v) is 6.41. The quantitative estimate of drug-likeness (QED) is 0.348. The van der Waals surface area contributed by atoms with Gasteiger partial charge in [0.05, 0.1) is 27.0 Å². The maximum Gasteiger partial charge on any atom is 0.335 e. The van der Waals surface area contributed by atoms with Crippen LogP contribution in [0.15, 0.2) is 54.6 Å². The van der Waals surface area contributed by atoms with Crippen LogP contribution in [0.2, 0.25) is 0 Å². The van der Waals surface area contributed by atoms with Gasteiger partial charge in [-0.25, -0.2) is 9.78 Å². The summed E-state index contributed by atoms with van der Waals surface area (Å²) in [6.07, 6.45) is 1.89. The summed E-state index contributed by atoms with van der Waals surface area (Å²) in [4.78, 5) is 22.9. The molecular formula is C25H22N4O2S. The molecule has 0 amide bonds. The van der Waals surface area contributed by atoms with E-state index in [1.54, 1.807) is 12.1 Å². The number of carboxylic acid groups (broad SMARTS) is 1. The van der Waals surface area contributed by atoms with Gasteiger partial charge in [-0.1, -0.05) is 12.1 Å². The van der Waals surface area contributed by atoms with Crippen LogP contribution in [0.4, 0.5) is 5.69 Å². The highest BCUT2D eigenvalue weighted by Crippen LogP contribution is 2.32. The van der Waals surface area contributed by atoms with Crippen LogP contribution in [-0.4, -0.2) is 34.1 Å². The first-order valence-electron chi connectivity index (χ1n) is 10.3. The second-order valence-corrected chi connectivity index (χ2v) is 8.30. The predicted molar refractivity (Wildman–Crippen MR) is 130 cm³/mol. The molecule has 0 fully saturated rings. The van der Waals surface area contributed by atoms with E-state index in [1.807, 2.05) is 30.3 Å². The number of allylic oxidation sites excluding steroid dienone is 1. The summed E-state index contributed by atoms with van der Waals surface area (Å²) in [5, 5.41) is 18.9. The number of nitrogens with one attached hydrogen (secondary N) is 1. The van der Waals surface area contributed by atoms with Crippen LogP contribution in [-0.2, 0) is 0 Å². The van der Waals surface area contributed by atoms with Gasteiger partial charge >= 0.3 is 5.97 Å². The number of H-pyrrole nitrogens is 1. The molecule has 0 aliphatic carbocycles. The van der Waals surface area contributed by atoms with Crippen LogP contribution >= 0.6 is 11.3 Å². The lowest BCUT2D eigenvalue weighted by Gasteiger charge is -2.20. The van der Waals surface area contributed by atoms with E-state index in [2.05, 4.69) is 46.9 Å². The number of imidazole rings is 1. The summed E-state index contributed by atoms with van der Waals surface area (Å²) in [5.74, 6) is -0.324. The minimum atomic E-state index is -0.976. The number of carboxylic acids is 1. The van der Waals surface area contributed by atoms with E-state index < -0.39 is 5.97 Å². The molecule has 4 aromatic rings. The third-order valence-electron chi connectivity index (χ3n) is 5.29. The van der Waals surface area contributed by atoms with Crippen LogP contribution in [0.5, 0.6) is 0 Å². The number of hydrogen-bond acceptors (Lipinski definition) is 5. The number of thiophene rings is 1. The van der Waals surface area contributed by atoms with E-state index in [-0.39, 0.29) is 5.56 Å². The molecule has 0 aliphatic rings. The Balaban J connectivity index is 1.61. The molecule has 7 heteroatoms. The van der Waals surface area contributed by atoms with Crippen molar-refractivity contribution in [2.24, 2.45) is 0 Å². The molecule has 2 aromatic heterocycles. The Labute approximate surface area is 190 Å². The molecule has 0 bridgehead atoms. The van der Waals surface area contributed by atoms with Crippen molar-refractivity contribution in [2.75, 3.05) is 18.0 Å². The summed E-state index contributed by atoms with van der Waals surface area (Å²) in [5.41, 5.74) is 4.29. The topological polar surface area (TPSA) is 93.0 Å². The molecule has 6 nitrogen and oxygen atoms in total. The monoisotopic (exact) mass is 442 g/mol. The van der Waals surface area contributed by atoms with Crippen molar-refractivity contribution in [3.05, 3.63) is 70.6 Å². The zero-order valence-electron chi connectivity index (χ0n) is 17.8. The summed E-state index contributed by atoms with van der Waals surface area (Å²) in [6, 6.07) is 19.1. The Morgan fingerprint density at radius 3 is 2.56 bits per heavy atom.